The second-order valence-corrected chi connectivity index (χ2v) is 6.39. The van der Waals surface area contributed by atoms with Crippen LogP contribution in [0.5, 0.6) is 0 Å². The van der Waals surface area contributed by atoms with Crippen molar-refractivity contribution in [2.24, 2.45) is 0 Å². The van der Waals surface area contributed by atoms with Crippen LogP contribution in [0.15, 0.2) is 29.6 Å². The summed E-state index contributed by atoms with van der Waals surface area (Å²) in [6, 6.07) is 8.29. The Balaban J connectivity index is 1.67. The third-order valence-electron chi connectivity index (χ3n) is 3.88. The van der Waals surface area contributed by atoms with Crippen LogP contribution >= 0.6 is 11.3 Å². The Morgan fingerprint density at radius 1 is 1.20 bits per heavy atom. The Bertz CT molecular complexity index is 612. The number of aryl methyl sites for hydroxylation is 2. The molecule has 0 fully saturated rings. The summed E-state index contributed by atoms with van der Waals surface area (Å²) in [5.41, 5.74) is 4.58. The molecule has 2 aromatic rings. The van der Waals surface area contributed by atoms with Gasteiger partial charge in [0.15, 0.2) is 0 Å². The predicted octanol–water partition coefficient (Wildman–Crippen LogP) is 3.87. The van der Waals surface area contributed by atoms with E-state index >= 15 is 0 Å². The van der Waals surface area contributed by atoms with Crippen molar-refractivity contribution < 1.29 is 4.79 Å². The van der Waals surface area contributed by atoms with Crippen molar-refractivity contribution in [2.75, 3.05) is 0 Å². The summed E-state index contributed by atoms with van der Waals surface area (Å²) in [6.07, 6.45) is 4.68. The lowest BCUT2D eigenvalue weighted by atomic mass is 9.95. The van der Waals surface area contributed by atoms with E-state index in [1.54, 1.807) is 11.3 Å². The van der Waals surface area contributed by atoms with E-state index in [0.717, 1.165) is 24.0 Å². The summed E-state index contributed by atoms with van der Waals surface area (Å²) in [7, 11) is 0. The molecule has 0 bridgehead atoms. The highest BCUT2D eigenvalue weighted by molar-refractivity contribution is 7.10. The normalized spacial score (nSPS) is 13.8. The van der Waals surface area contributed by atoms with E-state index in [-0.39, 0.29) is 5.91 Å². The number of fused-ring (bicyclic) bond motifs is 1. The molecule has 2 nitrogen and oxygen atoms in total. The predicted molar refractivity (Wildman–Crippen MR) is 83.3 cm³/mol. The zero-order valence-corrected chi connectivity index (χ0v) is 12.6. The van der Waals surface area contributed by atoms with Crippen LogP contribution in [0.1, 0.15) is 44.8 Å². The molecule has 104 valence electrons. The third kappa shape index (κ3) is 2.78. The van der Waals surface area contributed by atoms with Gasteiger partial charge in [-0.1, -0.05) is 29.8 Å². The van der Waals surface area contributed by atoms with Gasteiger partial charge in [-0.15, -0.1) is 11.3 Å². The summed E-state index contributed by atoms with van der Waals surface area (Å²) in [5, 5.41) is 5.07. The smallest absolute Gasteiger partial charge is 0.252 e. The highest BCUT2D eigenvalue weighted by Crippen LogP contribution is 2.30. The van der Waals surface area contributed by atoms with Crippen LogP contribution in [0.4, 0.5) is 0 Å². The fraction of sp³-hybridized carbons (Fsp3) is 0.353. The molecule has 0 spiro atoms. The van der Waals surface area contributed by atoms with E-state index < -0.39 is 0 Å². The number of benzene rings is 1. The zero-order chi connectivity index (χ0) is 13.9. The minimum atomic E-state index is 0.0741. The van der Waals surface area contributed by atoms with Crippen LogP contribution in [0.25, 0.3) is 0 Å². The topological polar surface area (TPSA) is 29.1 Å². The van der Waals surface area contributed by atoms with Crippen molar-refractivity contribution in [1.82, 2.24) is 5.32 Å². The van der Waals surface area contributed by atoms with E-state index in [4.69, 9.17) is 0 Å². The monoisotopic (exact) mass is 285 g/mol. The van der Waals surface area contributed by atoms with Gasteiger partial charge in [0.1, 0.15) is 0 Å². The van der Waals surface area contributed by atoms with Gasteiger partial charge in [-0.05, 0) is 43.7 Å². The molecule has 1 aromatic heterocycles. The Kier molecular flexibility index (Phi) is 3.88. The molecule has 1 N–H and O–H groups in total. The number of thiophene rings is 1. The standard InChI is InChI=1S/C17H19NOS/c1-12-6-8-13(9-7-12)10-18-17(19)15-11-20-16-5-3-2-4-14(15)16/h6-9,11H,2-5,10H2,1H3,(H,18,19). The van der Waals surface area contributed by atoms with Crippen LogP contribution in [0.2, 0.25) is 0 Å². The molecule has 20 heavy (non-hydrogen) atoms. The highest BCUT2D eigenvalue weighted by atomic mass is 32.1. The molecule has 1 amide bonds. The molecule has 1 aliphatic rings. The molecule has 3 heteroatoms. The Hall–Kier alpha value is -1.61. The summed E-state index contributed by atoms with van der Waals surface area (Å²) >= 11 is 1.74. The fourth-order valence-electron chi connectivity index (χ4n) is 2.67. The van der Waals surface area contributed by atoms with Gasteiger partial charge < -0.3 is 5.32 Å². The van der Waals surface area contributed by atoms with Gasteiger partial charge in [0.2, 0.25) is 0 Å². The summed E-state index contributed by atoms with van der Waals surface area (Å²) in [6.45, 7) is 2.67. The average Bonchev–Trinajstić information content (AvgIpc) is 2.90. The van der Waals surface area contributed by atoms with Crippen LogP contribution in [-0.2, 0) is 19.4 Å². The van der Waals surface area contributed by atoms with Crippen LogP contribution in [0.3, 0.4) is 0 Å². The van der Waals surface area contributed by atoms with Crippen molar-refractivity contribution in [2.45, 2.75) is 39.2 Å². The van der Waals surface area contributed by atoms with Crippen LogP contribution in [0, 0.1) is 6.92 Å². The quantitative estimate of drug-likeness (QED) is 0.911. The lowest BCUT2D eigenvalue weighted by Gasteiger charge is -2.12. The van der Waals surface area contributed by atoms with Crippen molar-refractivity contribution in [3.63, 3.8) is 0 Å². The molecular formula is C17H19NOS. The third-order valence-corrected chi connectivity index (χ3v) is 4.97. The van der Waals surface area contributed by atoms with Crippen molar-refractivity contribution in [1.29, 1.82) is 0 Å². The van der Waals surface area contributed by atoms with Crippen LogP contribution in [-0.4, -0.2) is 5.91 Å². The first-order valence-electron chi connectivity index (χ1n) is 7.17. The van der Waals surface area contributed by atoms with Crippen molar-refractivity contribution in [3.8, 4) is 0 Å². The minimum Gasteiger partial charge on any atom is -0.348 e. The van der Waals surface area contributed by atoms with E-state index in [2.05, 4.69) is 36.5 Å². The first-order chi connectivity index (χ1) is 9.74. The molecule has 0 radical (unpaired) electrons. The largest absolute Gasteiger partial charge is 0.348 e. The number of hydrogen-bond donors (Lipinski definition) is 1. The Morgan fingerprint density at radius 2 is 1.95 bits per heavy atom. The van der Waals surface area contributed by atoms with E-state index in [1.807, 2.05) is 5.38 Å². The molecule has 0 saturated heterocycles. The van der Waals surface area contributed by atoms with E-state index in [0.29, 0.717) is 6.54 Å². The highest BCUT2D eigenvalue weighted by Gasteiger charge is 2.19. The minimum absolute atomic E-state index is 0.0741. The second-order valence-electron chi connectivity index (χ2n) is 5.43. The number of amides is 1. The van der Waals surface area contributed by atoms with Crippen molar-refractivity contribution >= 4 is 17.2 Å². The maximum Gasteiger partial charge on any atom is 0.252 e. The molecule has 1 aliphatic carbocycles. The van der Waals surface area contributed by atoms with Gasteiger partial charge in [0.25, 0.3) is 5.91 Å². The SMILES string of the molecule is Cc1ccc(CNC(=O)c2csc3c2CCCC3)cc1. The van der Waals surface area contributed by atoms with Crippen LogP contribution < -0.4 is 5.32 Å². The number of carbonyl (C=O) groups excluding carboxylic acids is 1. The number of hydrogen-bond acceptors (Lipinski definition) is 2. The van der Waals surface area contributed by atoms with Crippen molar-refractivity contribution in [3.05, 3.63) is 56.8 Å². The average molecular weight is 285 g/mol. The fourth-order valence-corrected chi connectivity index (χ4v) is 3.79. The number of rotatable bonds is 3. The molecule has 0 saturated carbocycles. The lowest BCUT2D eigenvalue weighted by Crippen LogP contribution is -2.23. The first-order valence-corrected chi connectivity index (χ1v) is 8.05. The first kappa shape index (κ1) is 13.4. The molecule has 1 aromatic carbocycles. The molecule has 0 unspecified atom stereocenters. The molecule has 1 heterocycles. The van der Waals surface area contributed by atoms with Gasteiger partial charge >= 0.3 is 0 Å². The molecule has 3 rings (SSSR count). The van der Waals surface area contributed by atoms with Gasteiger partial charge in [0, 0.05) is 16.8 Å². The van der Waals surface area contributed by atoms with E-state index in [9.17, 15) is 4.79 Å². The number of carbonyl (C=O) groups is 1. The Labute approximate surface area is 123 Å². The lowest BCUT2D eigenvalue weighted by molar-refractivity contribution is 0.0950. The molecule has 0 aliphatic heterocycles. The van der Waals surface area contributed by atoms with Gasteiger partial charge in [-0.2, -0.15) is 0 Å². The molecular weight excluding hydrogens is 266 g/mol. The second kappa shape index (κ2) is 5.80. The summed E-state index contributed by atoms with van der Waals surface area (Å²) < 4.78 is 0. The van der Waals surface area contributed by atoms with E-state index in [1.165, 1.54) is 28.8 Å². The Morgan fingerprint density at radius 3 is 2.75 bits per heavy atom. The summed E-state index contributed by atoms with van der Waals surface area (Å²) in [5.74, 6) is 0.0741. The zero-order valence-electron chi connectivity index (χ0n) is 11.7. The number of nitrogens with one attached hydrogen (secondary N) is 1. The van der Waals surface area contributed by atoms with Gasteiger partial charge in [0.05, 0.1) is 5.56 Å². The molecule has 0 atom stereocenters. The van der Waals surface area contributed by atoms with Gasteiger partial charge in [-0.25, -0.2) is 0 Å². The van der Waals surface area contributed by atoms with Gasteiger partial charge in [-0.3, -0.25) is 4.79 Å². The maximum atomic E-state index is 12.3. The summed E-state index contributed by atoms with van der Waals surface area (Å²) in [4.78, 5) is 13.7. The maximum absolute atomic E-state index is 12.3.